The topological polar surface area (TPSA) is 110 Å². The van der Waals surface area contributed by atoms with Gasteiger partial charge in [0.1, 0.15) is 5.75 Å². The Labute approximate surface area is 230 Å². The van der Waals surface area contributed by atoms with E-state index >= 15 is 0 Å². The van der Waals surface area contributed by atoms with E-state index in [0.29, 0.717) is 44.0 Å². The highest BCUT2D eigenvalue weighted by molar-refractivity contribution is 7.89. The third kappa shape index (κ3) is 6.51. The lowest BCUT2D eigenvalue weighted by Gasteiger charge is -2.13. The smallest absolute Gasteiger partial charge is 0.256 e. The highest BCUT2D eigenvalue weighted by Gasteiger charge is 2.15. The number of nitrogens with one attached hydrogen (secondary N) is 2. The first kappa shape index (κ1) is 26.1. The van der Waals surface area contributed by atoms with Crippen molar-refractivity contribution in [1.82, 2.24) is 9.97 Å². The summed E-state index contributed by atoms with van der Waals surface area (Å²) in [6.07, 6.45) is 2.72. The molecule has 8 nitrogen and oxygen atoms in total. The summed E-state index contributed by atoms with van der Waals surface area (Å²) in [6, 6.07) is 26.6. The van der Waals surface area contributed by atoms with Crippen LogP contribution < -0.4 is 15.4 Å². The average Bonchev–Trinajstić information content (AvgIpc) is 2.90. The number of amides is 1. The molecular formula is C29H23ClN4O4S. The molecule has 1 heterocycles. The van der Waals surface area contributed by atoms with Gasteiger partial charge in [-0.05, 0) is 53.4 Å². The normalized spacial score (nSPS) is 11.2. The summed E-state index contributed by atoms with van der Waals surface area (Å²) in [6.45, 7) is 0. The summed E-state index contributed by atoms with van der Waals surface area (Å²) in [5.74, 6) is 0.566. The minimum atomic E-state index is -3.16. The lowest BCUT2D eigenvalue weighted by Crippen LogP contribution is -2.12. The molecule has 0 saturated carbocycles. The SMILES string of the molecule is CS(=O)(=O)Cc1cccc(Nc2nccc(Oc3ccc4c(C(=O)Nc5ccccc5)cccc4c3Cl)n2)c1. The van der Waals surface area contributed by atoms with Crippen molar-refractivity contribution >= 4 is 55.4 Å². The summed E-state index contributed by atoms with van der Waals surface area (Å²) in [4.78, 5) is 21.6. The molecular weight excluding hydrogens is 536 g/mol. The Kier molecular flexibility index (Phi) is 7.44. The molecule has 0 aliphatic rings. The Morgan fingerprint density at radius 2 is 1.67 bits per heavy atom. The zero-order valence-electron chi connectivity index (χ0n) is 20.8. The third-order valence-electron chi connectivity index (χ3n) is 5.69. The van der Waals surface area contributed by atoms with E-state index in [1.165, 1.54) is 12.5 Å². The van der Waals surface area contributed by atoms with Crippen LogP contribution in [-0.4, -0.2) is 30.5 Å². The minimum absolute atomic E-state index is 0.0668. The number of ether oxygens (including phenoxy) is 1. The molecule has 0 atom stereocenters. The number of fused-ring (bicyclic) bond motifs is 1. The van der Waals surface area contributed by atoms with Crippen LogP contribution in [0.2, 0.25) is 5.02 Å². The molecule has 4 aromatic carbocycles. The quantitative estimate of drug-likeness (QED) is 0.220. The number of hydrogen-bond donors (Lipinski definition) is 2. The van der Waals surface area contributed by atoms with E-state index < -0.39 is 9.84 Å². The first-order valence-corrected chi connectivity index (χ1v) is 14.3. The number of benzene rings is 4. The van der Waals surface area contributed by atoms with Crippen molar-refractivity contribution in [2.45, 2.75) is 5.75 Å². The first-order valence-electron chi connectivity index (χ1n) is 11.9. The summed E-state index contributed by atoms with van der Waals surface area (Å²) in [7, 11) is -3.16. The number of carbonyl (C=O) groups is 1. The molecule has 1 aromatic heterocycles. The first-order chi connectivity index (χ1) is 18.7. The number of nitrogens with zero attached hydrogens (tertiary/aromatic N) is 2. The van der Waals surface area contributed by atoms with Crippen LogP contribution in [0.1, 0.15) is 15.9 Å². The molecule has 0 saturated heterocycles. The Hall–Kier alpha value is -4.47. The highest BCUT2D eigenvalue weighted by atomic mass is 35.5. The van der Waals surface area contributed by atoms with Crippen LogP contribution in [0.15, 0.2) is 97.2 Å². The van der Waals surface area contributed by atoms with E-state index in [4.69, 9.17) is 16.3 Å². The maximum Gasteiger partial charge on any atom is 0.256 e. The van der Waals surface area contributed by atoms with Gasteiger partial charge in [0.2, 0.25) is 11.8 Å². The van der Waals surface area contributed by atoms with Crippen LogP contribution in [0.4, 0.5) is 17.3 Å². The van der Waals surface area contributed by atoms with Crippen molar-refractivity contribution in [2.75, 3.05) is 16.9 Å². The molecule has 0 aliphatic heterocycles. The van der Waals surface area contributed by atoms with E-state index in [9.17, 15) is 13.2 Å². The zero-order valence-corrected chi connectivity index (χ0v) is 22.3. The molecule has 0 spiro atoms. The van der Waals surface area contributed by atoms with E-state index in [0.717, 1.165) is 0 Å². The molecule has 0 radical (unpaired) electrons. The van der Waals surface area contributed by atoms with E-state index in [2.05, 4.69) is 20.6 Å². The number of para-hydroxylation sites is 1. The van der Waals surface area contributed by atoms with Crippen molar-refractivity contribution in [2.24, 2.45) is 0 Å². The number of carbonyl (C=O) groups excluding carboxylic acids is 1. The monoisotopic (exact) mass is 558 g/mol. The fourth-order valence-corrected chi connectivity index (χ4v) is 5.09. The van der Waals surface area contributed by atoms with Crippen LogP contribution in [0.25, 0.3) is 10.8 Å². The second-order valence-electron chi connectivity index (χ2n) is 8.81. The summed E-state index contributed by atoms with van der Waals surface area (Å²) in [5, 5.41) is 7.64. The number of halogens is 1. The molecule has 196 valence electrons. The minimum Gasteiger partial charge on any atom is -0.437 e. The number of anilines is 3. The Morgan fingerprint density at radius 1 is 0.897 bits per heavy atom. The third-order valence-corrected chi connectivity index (χ3v) is 6.94. The van der Waals surface area contributed by atoms with Crippen molar-refractivity contribution in [3.05, 3.63) is 113 Å². The van der Waals surface area contributed by atoms with Crippen molar-refractivity contribution < 1.29 is 17.9 Å². The molecule has 2 N–H and O–H groups in total. The second-order valence-corrected chi connectivity index (χ2v) is 11.3. The summed E-state index contributed by atoms with van der Waals surface area (Å²) < 4.78 is 29.2. The largest absolute Gasteiger partial charge is 0.437 e. The van der Waals surface area contributed by atoms with E-state index in [-0.39, 0.29) is 23.5 Å². The van der Waals surface area contributed by atoms with Crippen LogP contribution >= 0.6 is 11.6 Å². The fourth-order valence-electron chi connectivity index (χ4n) is 4.04. The average molecular weight is 559 g/mol. The number of hydrogen-bond acceptors (Lipinski definition) is 7. The fraction of sp³-hybridized carbons (Fsp3) is 0.0690. The number of rotatable bonds is 8. The highest BCUT2D eigenvalue weighted by Crippen LogP contribution is 2.36. The van der Waals surface area contributed by atoms with E-state index in [1.54, 1.807) is 54.6 Å². The molecule has 0 bridgehead atoms. The maximum atomic E-state index is 13.0. The van der Waals surface area contributed by atoms with Gasteiger partial charge in [-0.1, -0.05) is 54.1 Å². The van der Waals surface area contributed by atoms with Gasteiger partial charge in [-0.15, -0.1) is 0 Å². The molecule has 10 heteroatoms. The standard InChI is InChI=1S/C29H23ClN4O4S/c1-39(36,37)18-19-7-5-10-21(17-19)33-29-31-16-15-26(34-29)38-25-14-13-22-23(27(25)30)11-6-12-24(22)28(35)32-20-8-3-2-4-9-20/h2-17H,18H2,1H3,(H,32,35)(H,31,33,34). The number of sulfone groups is 1. The van der Waals surface area contributed by atoms with Crippen LogP contribution in [0, 0.1) is 0 Å². The van der Waals surface area contributed by atoms with Gasteiger partial charge >= 0.3 is 0 Å². The van der Waals surface area contributed by atoms with Crippen molar-refractivity contribution in [3.63, 3.8) is 0 Å². The van der Waals surface area contributed by atoms with Gasteiger partial charge in [-0.2, -0.15) is 4.98 Å². The molecule has 5 rings (SSSR count). The molecule has 0 unspecified atom stereocenters. The van der Waals surface area contributed by atoms with Crippen LogP contribution in [-0.2, 0) is 15.6 Å². The summed E-state index contributed by atoms with van der Waals surface area (Å²) in [5.41, 5.74) is 2.46. The Morgan fingerprint density at radius 3 is 2.46 bits per heavy atom. The van der Waals surface area contributed by atoms with Gasteiger partial charge in [0.25, 0.3) is 5.91 Å². The lowest BCUT2D eigenvalue weighted by molar-refractivity contribution is 0.102. The molecule has 0 fully saturated rings. The zero-order chi connectivity index (χ0) is 27.4. The van der Waals surface area contributed by atoms with Crippen LogP contribution in [0.3, 0.4) is 0 Å². The number of aromatic nitrogens is 2. The second kappa shape index (κ2) is 11.1. The van der Waals surface area contributed by atoms with Crippen molar-refractivity contribution in [1.29, 1.82) is 0 Å². The van der Waals surface area contributed by atoms with Crippen molar-refractivity contribution in [3.8, 4) is 11.6 Å². The van der Waals surface area contributed by atoms with Gasteiger partial charge in [0.05, 0.1) is 10.8 Å². The molecule has 0 aliphatic carbocycles. The molecule has 5 aromatic rings. The Balaban J connectivity index is 1.36. The predicted molar refractivity (Wildman–Crippen MR) is 154 cm³/mol. The molecule has 39 heavy (non-hydrogen) atoms. The van der Waals surface area contributed by atoms with Gasteiger partial charge in [0.15, 0.2) is 9.84 Å². The van der Waals surface area contributed by atoms with E-state index in [1.807, 2.05) is 36.4 Å². The van der Waals surface area contributed by atoms with Gasteiger partial charge in [-0.25, -0.2) is 13.4 Å². The van der Waals surface area contributed by atoms with Gasteiger partial charge in [-0.3, -0.25) is 4.79 Å². The van der Waals surface area contributed by atoms with Crippen LogP contribution in [0.5, 0.6) is 11.6 Å². The lowest BCUT2D eigenvalue weighted by atomic mass is 10.0. The maximum absolute atomic E-state index is 13.0. The van der Waals surface area contributed by atoms with Gasteiger partial charge in [0, 0.05) is 40.8 Å². The van der Waals surface area contributed by atoms with Gasteiger partial charge < -0.3 is 15.4 Å². The molecule has 1 amide bonds. The summed E-state index contributed by atoms with van der Waals surface area (Å²) >= 11 is 6.70. The predicted octanol–water partition coefficient (Wildman–Crippen LogP) is 6.62. The Bertz CT molecular complexity index is 1780.